The highest BCUT2D eigenvalue weighted by Gasteiger charge is 2.10. The average Bonchev–Trinajstić information content (AvgIpc) is 2.46. The topological polar surface area (TPSA) is 21.3 Å². The van der Waals surface area contributed by atoms with Gasteiger partial charge in [-0.15, -0.1) is 0 Å². The first-order valence-corrected chi connectivity index (χ1v) is 7.13. The quantitative estimate of drug-likeness (QED) is 0.874. The van der Waals surface area contributed by atoms with E-state index in [4.69, 9.17) is 16.3 Å². The Kier molecular flexibility index (Phi) is 5.05. The number of hydrogen-bond donors (Lipinski definition) is 1. The molecule has 0 radical (unpaired) electrons. The van der Waals surface area contributed by atoms with Crippen molar-refractivity contribution in [3.8, 4) is 5.75 Å². The predicted octanol–water partition coefficient (Wildman–Crippen LogP) is 4.51. The molecule has 0 aromatic heterocycles. The summed E-state index contributed by atoms with van der Waals surface area (Å²) in [6, 6.07) is 14.3. The largest absolute Gasteiger partial charge is 0.489 e. The SMILES string of the molecule is CNC(C)c1cc(C)ccc1OCc1ccc(Cl)cc1. The number of nitrogens with one attached hydrogen (secondary N) is 1. The smallest absolute Gasteiger partial charge is 0.124 e. The van der Waals surface area contributed by atoms with Gasteiger partial charge >= 0.3 is 0 Å². The van der Waals surface area contributed by atoms with Gasteiger partial charge in [-0.2, -0.15) is 0 Å². The summed E-state index contributed by atoms with van der Waals surface area (Å²) in [4.78, 5) is 0. The zero-order valence-electron chi connectivity index (χ0n) is 12.1. The molecular formula is C17H20ClNO. The van der Waals surface area contributed by atoms with Gasteiger partial charge in [0.2, 0.25) is 0 Å². The fourth-order valence-electron chi connectivity index (χ4n) is 2.03. The Morgan fingerprint density at radius 1 is 1.15 bits per heavy atom. The second kappa shape index (κ2) is 6.78. The molecule has 2 aromatic carbocycles. The van der Waals surface area contributed by atoms with Crippen LogP contribution >= 0.6 is 11.6 Å². The first-order chi connectivity index (χ1) is 9.60. The first kappa shape index (κ1) is 14.9. The van der Waals surface area contributed by atoms with E-state index in [-0.39, 0.29) is 6.04 Å². The van der Waals surface area contributed by atoms with Crippen LogP contribution in [0.2, 0.25) is 5.02 Å². The van der Waals surface area contributed by atoms with Gasteiger partial charge in [0, 0.05) is 16.6 Å². The van der Waals surface area contributed by atoms with Crippen LogP contribution in [0.25, 0.3) is 0 Å². The minimum absolute atomic E-state index is 0.259. The fraction of sp³-hybridized carbons (Fsp3) is 0.294. The summed E-state index contributed by atoms with van der Waals surface area (Å²) in [6.45, 7) is 4.77. The molecule has 2 rings (SSSR count). The van der Waals surface area contributed by atoms with Crippen molar-refractivity contribution in [1.29, 1.82) is 0 Å². The van der Waals surface area contributed by atoms with Crippen LogP contribution in [0.15, 0.2) is 42.5 Å². The number of benzene rings is 2. The molecular weight excluding hydrogens is 270 g/mol. The van der Waals surface area contributed by atoms with Crippen LogP contribution < -0.4 is 10.1 Å². The Morgan fingerprint density at radius 3 is 2.50 bits per heavy atom. The number of hydrogen-bond acceptors (Lipinski definition) is 2. The molecule has 0 heterocycles. The van der Waals surface area contributed by atoms with Crippen LogP contribution in [0.3, 0.4) is 0 Å². The summed E-state index contributed by atoms with van der Waals surface area (Å²) < 4.78 is 5.96. The summed E-state index contributed by atoms with van der Waals surface area (Å²) in [7, 11) is 1.95. The van der Waals surface area contributed by atoms with Gasteiger partial charge in [0.25, 0.3) is 0 Å². The number of ether oxygens (including phenoxy) is 1. The van der Waals surface area contributed by atoms with Gasteiger partial charge in [-0.05, 0) is 44.7 Å². The molecule has 3 heteroatoms. The minimum atomic E-state index is 0.259. The summed E-state index contributed by atoms with van der Waals surface area (Å²) >= 11 is 5.88. The van der Waals surface area contributed by atoms with Crippen molar-refractivity contribution in [3.05, 3.63) is 64.2 Å². The van der Waals surface area contributed by atoms with E-state index in [2.05, 4.69) is 31.3 Å². The highest BCUT2D eigenvalue weighted by Crippen LogP contribution is 2.27. The van der Waals surface area contributed by atoms with Crippen LogP contribution in [-0.2, 0) is 6.61 Å². The van der Waals surface area contributed by atoms with Crippen molar-refractivity contribution in [2.45, 2.75) is 26.5 Å². The Bertz CT molecular complexity index is 566. The maximum Gasteiger partial charge on any atom is 0.124 e. The molecule has 0 aliphatic rings. The molecule has 1 atom stereocenters. The lowest BCUT2D eigenvalue weighted by Gasteiger charge is -2.17. The lowest BCUT2D eigenvalue weighted by atomic mass is 10.0. The fourth-order valence-corrected chi connectivity index (χ4v) is 2.16. The molecule has 0 saturated heterocycles. The molecule has 106 valence electrons. The van der Waals surface area contributed by atoms with E-state index < -0.39 is 0 Å². The van der Waals surface area contributed by atoms with E-state index in [1.807, 2.05) is 37.4 Å². The maximum atomic E-state index is 5.96. The van der Waals surface area contributed by atoms with Gasteiger partial charge in [0.15, 0.2) is 0 Å². The highest BCUT2D eigenvalue weighted by atomic mass is 35.5. The predicted molar refractivity (Wildman–Crippen MR) is 84.4 cm³/mol. The zero-order chi connectivity index (χ0) is 14.5. The molecule has 0 aliphatic carbocycles. The molecule has 0 saturated carbocycles. The second-order valence-electron chi connectivity index (χ2n) is 4.97. The first-order valence-electron chi connectivity index (χ1n) is 6.75. The summed E-state index contributed by atoms with van der Waals surface area (Å²) in [5.74, 6) is 0.924. The van der Waals surface area contributed by atoms with Crippen LogP contribution in [0, 0.1) is 6.92 Å². The third kappa shape index (κ3) is 3.75. The molecule has 2 nitrogen and oxygen atoms in total. The molecule has 1 unspecified atom stereocenters. The van der Waals surface area contributed by atoms with Crippen LogP contribution in [0.4, 0.5) is 0 Å². The van der Waals surface area contributed by atoms with Crippen LogP contribution in [-0.4, -0.2) is 7.05 Å². The molecule has 1 N–H and O–H groups in total. The van der Waals surface area contributed by atoms with Crippen LogP contribution in [0.1, 0.15) is 29.7 Å². The monoisotopic (exact) mass is 289 g/mol. The molecule has 0 bridgehead atoms. The van der Waals surface area contributed by atoms with E-state index in [1.54, 1.807) is 0 Å². The number of aryl methyl sites for hydroxylation is 1. The van der Waals surface area contributed by atoms with E-state index >= 15 is 0 Å². The second-order valence-corrected chi connectivity index (χ2v) is 5.40. The lowest BCUT2D eigenvalue weighted by molar-refractivity contribution is 0.300. The third-order valence-electron chi connectivity index (χ3n) is 3.37. The molecule has 0 fully saturated rings. The van der Waals surface area contributed by atoms with E-state index in [1.165, 1.54) is 11.1 Å². The molecule has 0 amide bonds. The number of halogens is 1. The van der Waals surface area contributed by atoms with Crippen molar-refractivity contribution in [2.24, 2.45) is 0 Å². The maximum absolute atomic E-state index is 5.96. The van der Waals surface area contributed by atoms with Crippen molar-refractivity contribution in [2.75, 3.05) is 7.05 Å². The van der Waals surface area contributed by atoms with Crippen molar-refractivity contribution >= 4 is 11.6 Å². The molecule has 0 spiro atoms. The lowest BCUT2D eigenvalue weighted by Crippen LogP contribution is -2.14. The molecule has 2 aromatic rings. The van der Waals surface area contributed by atoms with Gasteiger partial charge in [0.1, 0.15) is 12.4 Å². The Labute approximate surface area is 125 Å². The van der Waals surface area contributed by atoms with Gasteiger partial charge < -0.3 is 10.1 Å². The summed E-state index contributed by atoms with van der Waals surface area (Å²) in [6.07, 6.45) is 0. The van der Waals surface area contributed by atoms with Gasteiger partial charge in [-0.25, -0.2) is 0 Å². The standard InChI is InChI=1S/C17H20ClNO/c1-12-4-9-17(16(10-12)13(2)19-3)20-11-14-5-7-15(18)8-6-14/h4-10,13,19H,11H2,1-3H3. The zero-order valence-corrected chi connectivity index (χ0v) is 12.9. The Balaban J connectivity index is 2.14. The van der Waals surface area contributed by atoms with Crippen molar-refractivity contribution in [3.63, 3.8) is 0 Å². The molecule has 20 heavy (non-hydrogen) atoms. The summed E-state index contributed by atoms with van der Waals surface area (Å²) in [5.41, 5.74) is 3.53. The summed E-state index contributed by atoms with van der Waals surface area (Å²) in [5, 5.41) is 4.00. The van der Waals surface area contributed by atoms with Crippen LogP contribution in [0.5, 0.6) is 5.75 Å². The highest BCUT2D eigenvalue weighted by molar-refractivity contribution is 6.30. The van der Waals surface area contributed by atoms with Gasteiger partial charge in [-0.1, -0.05) is 41.4 Å². The van der Waals surface area contributed by atoms with Crippen molar-refractivity contribution in [1.82, 2.24) is 5.32 Å². The Hall–Kier alpha value is -1.51. The van der Waals surface area contributed by atoms with Gasteiger partial charge in [-0.3, -0.25) is 0 Å². The number of rotatable bonds is 5. The molecule has 0 aliphatic heterocycles. The van der Waals surface area contributed by atoms with E-state index in [9.17, 15) is 0 Å². The third-order valence-corrected chi connectivity index (χ3v) is 3.62. The minimum Gasteiger partial charge on any atom is -0.489 e. The Morgan fingerprint density at radius 2 is 1.85 bits per heavy atom. The normalized spacial score (nSPS) is 12.2. The van der Waals surface area contributed by atoms with Gasteiger partial charge in [0.05, 0.1) is 0 Å². The average molecular weight is 290 g/mol. The van der Waals surface area contributed by atoms with Crippen molar-refractivity contribution < 1.29 is 4.74 Å². The van der Waals surface area contributed by atoms with E-state index in [0.717, 1.165) is 16.3 Å². The van der Waals surface area contributed by atoms with E-state index in [0.29, 0.717) is 6.61 Å².